The van der Waals surface area contributed by atoms with Gasteiger partial charge >= 0.3 is 0 Å². The number of aromatic nitrogens is 1. The predicted octanol–water partition coefficient (Wildman–Crippen LogP) is 2.21. The van der Waals surface area contributed by atoms with Crippen LogP contribution >= 0.6 is 0 Å². The second-order valence-corrected chi connectivity index (χ2v) is 7.56. The number of carbonyl (C=O) groups is 3. The van der Waals surface area contributed by atoms with E-state index in [0.29, 0.717) is 24.2 Å². The maximum absolute atomic E-state index is 13.4. The van der Waals surface area contributed by atoms with Crippen LogP contribution in [0.3, 0.4) is 0 Å². The molecule has 1 fully saturated rings. The number of likely N-dealkylation sites (N-methyl/N-ethyl adjacent to an activating group) is 1. The van der Waals surface area contributed by atoms with E-state index in [0.717, 1.165) is 11.1 Å². The van der Waals surface area contributed by atoms with Crippen LogP contribution in [0, 0.1) is 19.8 Å². The molecule has 0 radical (unpaired) electrons. The van der Waals surface area contributed by atoms with Crippen molar-refractivity contribution < 1.29 is 14.4 Å². The van der Waals surface area contributed by atoms with Gasteiger partial charge in [0.25, 0.3) is 5.91 Å². The zero-order valence-electron chi connectivity index (χ0n) is 16.7. The number of pyridine rings is 1. The number of Topliss-reactive ketones (excluding diaryl/α,β-unsaturated/α-hetero) is 2. The molecule has 1 aliphatic heterocycles. The molecule has 28 heavy (non-hydrogen) atoms. The van der Waals surface area contributed by atoms with E-state index in [1.807, 2.05) is 51.0 Å². The van der Waals surface area contributed by atoms with Crippen molar-refractivity contribution in [2.24, 2.45) is 5.92 Å². The summed E-state index contributed by atoms with van der Waals surface area (Å²) in [6, 6.07) is 8.52. The average Bonchev–Trinajstić information content (AvgIpc) is 2.93. The third-order valence-electron chi connectivity index (χ3n) is 5.16. The summed E-state index contributed by atoms with van der Waals surface area (Å²) in [5.74, 6) is -2.60. The minimum atomic E-state index is -1.06. The lowest BCUT2D eigenvalue weighted by Gasteiger charge is -2.28. The summed E-state index contributed by atoms with van der Waals surface area (Å²) in [5, 5.41) is 0. The van der Waals surface area contributed by atoms with E-state index in [9.17, 15) is 14.4 Å². The Morgan fingerprint density at radius 1 is 1.18 bits per heavy atom. The smallest absolute Gasteiger partial charge is 0.291 e. The molecule has 2 atom stereocenters. The first-order valence-electron chi connectivity index (χ1n) is 9.32. The average molecular weight is 379 g/mol. The van der Waals surface area contributed by atoms with Gasteiger partial charge in [-0.05, 0) is 51.2 Å². The first-order chi connectivity index (χ1) is 13.3. The molecule has 1 aromatic carbocycles. The summed E-state index contributed by atoms with van der Waals surface area (Å²) in [6.45, 7) is 4.71. The molecule has 1 saturated heterocycles. The van der Waals surface area contributed by atoms with Crippen molar-refractivity contribution >= 4 is 17.5 Å². The van der Waals surface area contributed by atoms with Crippen molar-refractivity contribution in [1.82, 2.24) is 14.8 Å². The van der Waals surface area contributed by atoms with E-state index in [4.69, 9.17) is 0 Å². The number of rotatable bonds is 6. The Kier molecular flexibility index (Phi) is 5.70. The summed E-state index contributed by atoms with van der Waals surface area (Å²) in [7, 11) is 3.81. The number of amides is 1. The maximum Gasteiger partial charge on any atom is 0.291 e. The van der Waals surface area contributed by atoms with Gasteiger partial charge in [-0.1, -0.05) is 23.8 Å². The highest BCUT2D eigenvalue weighted by atomic mass is 16.2. The largest absolute Gasteiger partial charge is 0.326 e. The van der Waals surface area contributed by atoms with Gasteiger partial charge in [0, 0.05) is 31.0 Å². The fraction of sp³-hybridized carbons (Fsp3) is 0.364. The summed E-state index contributed by atoms with van der Waals surface area (Å²) in [4.78, 5) is 46.7. The molecule has 1 aliphatic rings. The molecular formula is C22H25N3O3. The fourth-order valence-corrected chi connectivity index (χ4v) is 3.63. The Bertz CT molecular complexity index is 908. The zero-order valence-corrected chi connectivity index (χ0v) is 16.7. The van der Waals surface area contributed by atoms with Crippen LogP contribution in [0.2, 0.25) is 0 Å². The van der Waals surface area contributed by atoms with Gasteiger partial charge in [-0.15, -0.1) is 0 Å². The summed E-state index contributed by atoms with van der Waals surface area (Å²) in [6.07, 6.45) is 3.26. The summed E-state index contributed by atoms with van der Waals surface area (Å²) in [5.41, 5.74) is 2.93. The topological polar surface area (TPSA) is 70.6 Å². The van der Waals surface area contributed by atoms with Gasteiger partial charge in [-0.3, -0.25) is 19.4 Å². The third-order valence-corrected chi connectivity index (χ3v) is 5.16. The Hall–Kier alpha value is -2.86. The number of ketones is 2. The van der Waals surface area contributed by atoms with Crippen LogP contribution in [0.1, 0.15) is 33.1 Å². The number of likely N-dealkylation sites (tertiary alicyclic amines) is 1. The van der Waals surface area contributed by atoms with E-state index >= 15 is 0 Å². The fourth-order valence-electron chi connectivity index (χ4n) is 3.63. The van der Waals surface area contributed by atoms with E-state index in [2.05, 4.69) is 4.98 Å². The van der Waals surface area contributed by atoms with Gasteiger partial charge in [0.05, 0.1) is 6.04 Å². The van der Waals surface area contributed by atoms with E-state index < -0.39 is 23.7 Å². The van der Waals surface area contributed by atoms with Crippen LogP contribution in [-0.2, 0) is 9.59 Å². The molecule has 2 heterocycles. The minimum absolute atomic E-state index is 0.305. The molecule has 2 unspecified atom stereocenters. The lowest BCUT2D eigenvalue weighted by Crippen LogP contribution is -2.36. The lowest BCUT2D eigenvalue weighted by atomic mass is 9.85. The Morgan fingerprint density at radius 2 is 1.93 bits per heavy atom. The van der Waals surface area contributed by atoms with Crippen LogP contribution in [0.25, 0.3) is 0 Å². The van der Waals surface area contributed by atoms with Crippen LogP contribution in [0.4, 0.5) is 0 Å². The molecular weight excluding hydrogens is 354 g/mol. The summed E-state index contributed by atoms with van der Waals surface area (Å²) >= 11 is 0. The molecule has 0 aliphatic carbocycles. The van der Waals surface area contributed by atoms with Crippen molar-refractivity contribution in [3.63, 3.8) is 0 Å². The molecule has 6 heteroatoms. The maximum atomic E-state index is 13.4. The molecule has 0 spiro atoms. The van der Waals surface area contributed by atoms with Gasteiger partial charge in [-0.25, -0.2) is 0 Å². The van der Waals surface area contributed by atoms with Crippen LogP contribution < -0.4 is 0 Å². The quantitative estimate of drug-likeness (QED) is 0.437. The number of benzene rings is 1. The van der Waals surface area contributed by atoms with Crippen LogP contribution in [-0.4, -0.2) is 59.4 Å². The minimum Gasteiger partial charge on any atom is -0.326 e. The molecule has 1 amide bonds. The highest BCUT2D eigenvalue weighted by Crippen LogP contribution is 2.38. The standard InChI is InChI=1S/C22H25N3O3/c1-14-7-8-15(2)17(12-14)20(26)18-19(16-6-5-9-23-13-16)25(11-10-24(3)4)22(28)21(18)27/h5-9,12-13,18-19H,10-11H2,1-4H3. The van der Waals surface area contributed by atoms with E-state index in [1.54, 1.807) is 24.5 Å². The molecule has 2 aromatic rings. The van der Waals surface area contributed by atoms with Gasteiger partial charge in [-0.2, -0.15) is 0 Å². The first kappa shape index (κ1) is 19.9. The lowest BCUT2D eigenvalue weighted by molar-refractivity contribution is -0.140. The summed E-state index contributed by atoms with van der Waals surface area (Å²) < 4.78 is 0. The number of hydrogen-bond donors (Lipinski definition) is 0. The zero-order chi connectivity index (χ0) is 20.4. The number of aryl methyl sites for hydroxylation is 2. The highest BCUT2D eigenvalue weighted by molar-refractivity contribution is 6.44. The van der Waals surface area contributed by atoms with Crippen LogP contribution in [0.15, 0.2) is 42.7 Å². The molecule has 3 rings (SSSR count). The number of nitrogens with zero attached hydrogens (tertiary/aromatic N) is 3. The Morgan fingerprint density at radius 3 is 2.57 bits per heavy atom. The van der Waals surface area contributed by atoms with Crippen molar-refractivity contribution in [3.05, 3.63) is 65.0 Å². The molecule has 0 bridgehead atoms. The van der Waals surface area contributed by atoms with Crippen molar-refractivity contribution in [3.8, 4) is 0 Å². The van der Waals surface area contributed by atoms with Gasteiger partial charge in [0.2, 0.25) is 5.78 Å². The highest BCUT2D eigenvalue weighted by Gasteiger charge is 2.51. The monoisotopic (exact) mass is 379 g/mol. The SMILES string of the molecule is Cc1ccc(C)c(C(=O)C2C(=O)C(=O)N(CCN(C)C)C2c2cccnc2)c1. The molecule has 6 nitrogen and oxygen atoms in total. The van der Waals surface area contributed by atoms with Gasteiger partial charge < -0.3 is 9.80 Å². The van der Waals surface area contributed by atoms with E-state index in [1.165, 1.54) is 4.90 Å². The van der Waals surface area contributed by atoms with Crippen LogP contribution in [0.5, 0.6) is 0 Å². The third kappa shape index (κ3) is 3.73. The van der Waals surface area contributed by atoms with Crippen molar-refractivity contribution in [2.45, 2.75) is 19.9 Å². The second-order valence-electron chi connectivity index (χ2n) is 7.56. The Balaban J connectivity index is 2.06. The van der Waals surface area contributed by atoms with Crippen molar-refractivity contribution in [1.29, 1.82) is 0 Å². The second kappa shape index (κ2) is 8.02. The molecule has 0 saturated carbocycles. The van der Waals surface area contributed by atoms with Gasteiger partial charge in [0.15, 0.2) is 5.78 Å². The normalized spacial score (nSPS) is 19.5. The van der Waals surface area contributed by atoms with Crippen molar-refractivity contribution in [2.75, 3.05) is 27.2 Å². The van der Waals surface area contributed by atoms with Gasteiger partial charge in [0.1, 0.15) is 5.92 Å². The number of hydrogen-bond acceptors (Lipinski definition) is 5. The molecule has 146 valence electrons. The van der Waals surface area contributed by atoms with E-state index in [-0.39, 0.29) is 5.78 Å². The molecule has 1 aromatic heterocycles. The first-order valence-corrected chi connectivity index (χ1v) is 9.32. The Labute approximate surface area is 165 Å². The molecule has 0 N–H and O–H groups in total. The number of carbonyl (C=O) groups excluding carboxylic acids is 3. The predicted molar refractivity (Wildman–Crippen MR) is 106 cm³/mol.